The molecule has 3 amide bonds. The number of nitrogens with zero attached hydrogens (tertiary/aromatic N) is 1. The summed E-state index contributed by atoms with van der Waals surface area (Å²) < 4.78 is 5.30. The van der Waals surface area contributed by atoms with E-state index in [1.54, 1.807) is 40.9 Å². The van der Waals surface area contributed by atoms with Gasteiger partial charge in [0.1, 0.15) is 17.7 Å². The summed E-state index contributed by atoms with van der Waals surface area (Å²) in [5.74, 6) is -3.60. The summed E-state index contributed by atoms with van der Waals surface area (Å²) in [7, 11) is 3.34. The topological polar surface area (TPSA) is 154 Å². The van der Waals surface area contributed by atoms with E-state index in [4.69, 9.17) is 4.74 Å². The van der Waals surface area contributed by atoms with Gasteiger partial charge in [0.15, 0.2) is 0 Å². The number of aliphatic carboxylic acids is 1. The van der Waals surface area contributed by atoms with Crippen LogP contribution in [-0.2, 0) is 34.1 Å². The lowest BCUT2D eigenvalue weighted by molar-refractivity contribution is -0.160. The Balaban J connectivity index is 3.32. The normalized spacial score (nSPS) is 15.3. The lowest BCUT2D eigenvalue weighted by Crippen LogP contribution is -2.61. The van der Waals surface area contributed by atoms with Gasteiger partial charge >= 0.3 is 11.9 Å². The van der Waals surface area contributed by atoms with Crippen LogP contribution in [0.25, 0.3) is 0 Å². The van der Waals surface area contributed by atoms with Crippen molar-refractivity contribution in [2.24, 2.45) is 11.3 Å². The van der Waals surface area contributed by atoms with Crippen molar-refractivity contribution in [3.8, 4) is 0 Å². The number of ether oxygens (including phenoxy) is 1. The van der Waals surface area contributed by atoms with E-state index in [0.717, 1.165) is 5.56 Å². The maximum atomic E-state index is 14.1. The third-order valence-corrected chi connectivity index (χ3v) is 7.82. The summed E-state index contributed by atoms with van der Waals surface area (Å²) in [5.41, 5.74) is -0.975. The average molecular weight is 645 g/mol. The number of carbonyl (C=O) groups excluding carboxylic acids is 4. The summed E-state index contributed by atoms with van der Waals surface area (Å²) in [6.07, 6.45) is 0.961. The fourth-order valence-electron chi connectivity index (χ4n) is 5.18. The minimum atomic E-state index is -1.40. The van der Waals surface area contributed by atoms with E-state index in [0.29, 0.717) is 0 Å². The molecule has 0 heterocycles. The van der Waals surface area contributed by atoms with Crippen LogP contribution in [0.5, 0.6) is 0 Å². The second-order valence-corrected chi connectivity index (χ2v) is 14.8. The van der Waals surface area contributed by atoms with Crippen LogP contribution in [0, 0.1) is 11.3 Å². The molecular formula is C35H56N4O7. The third kappa shape index (κ3) is 11.6. The van der Waals surface area contributed by atoms with Crippen LogP contribution in [0.3, 0.4) is 0 Å². The highest BCUT2D eigenvalue weighted by molar-refractivity contribution is 5.97. The molecule has 0 saturated heterocycles. The van der Waals surface area contributed by atoms with Gasteiger partial charge in [0.2, 0.25) is 17.7 Å². The zero-order valence-corrected chi connectivity index (χ0v) is 29.9. The maximum Gasteiger partial charge on any atom is 0.329 e. The lowest BCUT2D eigenvalue weighted by atomic mass is 9.76. The van der Waals surface area contributed by atoms with E-state index in [1.165, 1.54) is 11.8 Å². The van der Waals surface area contributed by atoms with Gasteiger partial charge in [-0.25, -0.2) is 4.79 Å². The Kier molecular flexibility index (Phi) is 14.2. The number of amides is 3. The number of esters is 1. The fourth-order valence-corrected chi connectivity index (χ4v) is 5.18. The zero-order valence-electron chi connectivity index (χ0n) is 29.9. The molecule has 0 radical (unpaired) electrons. The molecule has 0 spiro atoms. The zero-order chi connectivity index (χ0) is 35.8. The molecule has 46 heavy (non-hydrogen) atoms. The summed E-state index contributed by atoms with van der Waals surface area (Å²) in [6, 6.07) is 6.18. The second kappa shape index (κ2) is 16.2. The van der Waals surface area contributed by atoms with Crippen LogP contribution in [-0.4, -0.2) is 83.5 Å². The molecule has 1 aromatic carbocycles. The van der Waals surface area contributed by atoms with Gasteiger partial charge in [-0.2, -0.15) is 0 Å². The van der Waals surface area contributed by atoms with Crippen molar-refractivity contribution in [3.63, 3.8) is 0 Å². The molecule has 0 unspecified atom stereocenters. The van der Waals surface area contributed by atoms with Gasteiger partial charge in [-0.15, -0.1) is 0 Å². The number of hydrogen-bond donors (Lipinski definition) is 4. The molecule has 0 aliphatic heterocycles. The van der Waals surface area contributed by atoms with Gasteiger partial charge in [0.05, 0.1) is 18.5 Å². The molecule has 11 heteroatoms. The Morgan fingerprint density at radius 1 is 0.913 bits per heavy atom. The van der Waals surface area contributed by atoms with Gasteiger partial charge in [-0.1, -0.05) is 84.9 Å². The first kappa shape index (κ1) is 40.3. The minimum absolute atomic E-state index is 0.143. The summed E-state index contributed by atoms with van der Waals surface area (Å²) in [6.45, 7) is 19.8. The number of benzene rings is 1. The molecule has 258 valence electrons. The van der Waals surface area contributed by atoms with Crippen molar-refractivity contribution in [2.45, 2.75) is 118 Å². The Bertz CT molecular complexity index is 1260. The predicted octanol–water partition coefficient (Wildman–Crippen LogP) is 3.81. The predicted molar refractivity (Wildman–Crippen MR) is 179 cm³/mol. The quantitative estimate of drug-likeness (QED) is 0.176. The number of nitrogens with one attached hydrogen (secondary N) is 3. The molecule has 0 aromatic heterocycles. The number of rotatable bonds is 14. The molecular weight excluding hydrogens is 588 g/mol. The van der Waals surface area contributed by atoms with E-state index in [1.807, 2.05) is 78.8 Å². The second-order valence-electron chi connectivity index (χ2n) is 14.8. The summed E-state index contributed by atoms with van der Waals surface area (Å²) >= 11 is 0. The third-order valence-electron chi connectivity index (χ3n) is 7.82. The Hall–Kier alpha value is -3.73. The van der Waals surface area contributed by atoms with Crippen molar-refractivity contribution in [2.75, 3.05) is 14.1 Å². The Labute approximate surface area is 274 Å². The first-order chi connectivity index (χ1) is 20.9. The van der Waals surface area contributed by atoms with E-state index >= 15 is 0 Å². The highest BCUT2D eigenvalue weighted by atomic mass is 16.6. The van der Waals surface area contributed by atoms with E-state index in [-0.39, 0.29) is 23.3 Å². The molecule has 4 atom stereocenters. The van der Waals surface area contributed by atoms with Gasteiger partial charge in [-0.3, -0.25) is 19.2 Å². The van der Waals surface area contributed by atoms with Crippen LogP contribution < -0.4 is 16.0 Å². The van der Waals surface area contributed by atoms with Crippen molar-refractivity contribution >= 4 is 29.7 Å². The molecule has 11 nitrogen and oxygen atoms in total. The van der Waals surface area contributed by atoms with Crippen molar-refractivity contribution < 1.29 is 33.8 Å². The van der Waals surface area contributed by atoms with Gasteiger partial charge < -0.3 is 30.7 Å². The van der Waals surface area contributed by atoms with E-state index < -0.39 is 64.9 Å². The average Bonchev–Trinajstić information content (AvgIpc) is 2.92. The summed E-state index contributed by atoms with van der Waals surface area (Å²) in [4.78, 5) is 66.6. The number of carbonyl (C=O) groups is 5. The molecule has 0 aliphatic carbocycles. The van der Waals surface area contributed by atoms with Crippen LogP contribution in [0.2, 0.25) is 0 Å². The fraction of sp³-hybridized carbons (Fsp3) is 0.629. The van der Waals surface area contributed by atoms with Gasteiger partial charge in [-0.05, 0) is 51.6 Å². The SMILES string of the molecule is CN[C@H](C(=O)N[C@H](C(=O)N(C)[C@H](/C=C(\C)C(=O)N[C@@H](CC(=O)O)C(=O)OC(C)(C)C)C(C)C)C(C)(C)C)C(C)(C)c1ccccc1. The smallest absolute Gasteiger partial charge is 0.329 e. The van der Waals surface area contributed by atoms with E-state index in [9.17, 15) is 29.1 Å². The number of hydrogen-bond acceptors (Lipinski definition) is 7. The first-order valence-corrected chi connectivity index (χ1v) is 15.7. The highest BCUT2D eigenvalue weighted by Gasteiger charge is 2.41. The maximum absolute atomic E-state index is 14.1. The summed E-state index contributed by atoms with van der Waals surface area (Å²) in [5, 5.41) is 17.9. The van der Waals surface area contributed by atoms with E-state index in [2.05, 4.69) is 16.0 Å². The monoisotopic (exact) mass is 644 g/mol. The number of carboxylic acid groups (broad SMARTS) is 1. The van der Waals surface area contributed by atoms with Crippen LogP contribution >= 0.6 is 0 Å². The molecule has 0 fully saturated rings. The van der Waals surface area contributed by atoms with Crippen molar-refractivity contribution in [1.82, 2.24) is 20.9 Å². The van der Waals surface area contributed by atoms with Gasteiger partial charge in [0, 0.05) is 18.0 Å². The van der Waals surface area contributed by atoms with Crippen LogP contribution in [0.1, 0.15) is 88.1 Å². The number of likely N-dealkylation sites (N-methyl/N-ethyl adjacent to an activating group) is 2. The number of carboxylic acids is 1. The molecule has 1 aromatic rings. The molecule has 4 N–H and O–H groups in total. The molecule has 0 bridgehead atoms. The minimum Gasteiger partial charge on any atom is -0.481 e. The highest BCUT2D eigenvalue weighted by Crippen LogP contribution is 2.29. The molecule has 0 saturated carbocycles. The molecule has 1 rings (SSSR count). The first-order valence-electron chi connectivity index (χ1n) is 15.7. The lowest BCUT2D eigenvalue weighted by Gasteiger charge is -2.40. The standard InChI is InChI=1S/C35H56N4O7/c1-21(2)25(19-22(3)29(42)37-24(20-26(40)41)32(45)46-34(7,8)9)39(13)31(44)28(33(4,5)6)38-30(43)27(36-12)35(10,11)23-17-15-14-16-18-23/h14-19,21,24-25,27-28,36H,20H2,1-13H3,(H,37,42)(H,38,43)(H,40,41)/b22-19+/t24-,25+,27+,28+/m0/s1. The Morgan fingerprint density at radius 3 is 1.89 bits per heavy atom. The van der Waals surface area contributed by atoms with Crippen molar-refractivity contribution in [1.29, 1.82) is 0 Å². The van der Waals surface area contributed by atoms with Gasteiger partial charge in [0.25, 0.3) is 0 Å². The van der Waals surface area contributed by atoms with Crippen LogP contribution in [0.4, 0.5) is 0 Å². The largest absolute Gasteiger partial charge is 0.481 e. The van der Waals surface area contributed by atoms with Crippen LogP contribution in [0.15, 0.2) is 42.0 Å². The Morgan fingerprint density at radius 2 is 1.46 bits per heavy atom. The van der Waals surface area contributed by atoms with Crippen molar-refractivity contribution in [3.05, 3.63) is 47.5 Å². The molecule has 0 aliphatic rings.